The summed E-state index contributed by atoms with van der Waals surface area (Å²) in [6, 6.07) is 8.13. The average molecular weight is 325 g/mol. The zero-order valence-corrected chi connectivity index (χ0v) is 10.8. The summed E-state index contributed by atoms with van der Waals surface area (Å²) in [5.41, 5.74) is 1.02. The van der Waals surface area contributed by atoms with Gasteiger partial charge in [0.15, 0.2) is 5.78 Å². The first-order valence-corrected chi connectivity index (χ1v) is 6.15. The lowest BCUT2D eigenvalue weighted by atomic mass is 10.0. The summed E-state index contributed by atoms with van der Waals surface area (Å²) in [5.74, 6) is -0.0164. The van der Waals surface area contributed by atoms with Gasteiger partial charge in [-0.15, -0.1) is 6.58 Å². The van der Waals surface area contributed by atoms with Crippen LogP contribution in [0.2, 0.25) is 0 Å². The molecule has 0 aliphatic heterocycles. The van der Waals surface area contributed by atoms with E-state index >= 15 is 0 Å². The quantitative estimate of drug-likeness (QED) is 0.684. The van der Waals surface area contributed by atoms with Crippen molar-refractivity contribution in [2.45, 2.75) is 6.04 Å². The van der Waals surface area contributed by atoms with Gasteiger partial charge in [0.1, 0.15) is 0 Å². The van der Waals surface area contributed by atoms with Crippen LogP contribution in [-0.4, -0.2) is 11.8 Å². The lowest BCUT2D eigenvalue weighted by Crippen LogP contribution is -2.25. The zero-order chi connectivity index (χ0) is 11.5. The van der Waals surface area contributed by atoms with Gasteiger partial charge in [-0.1, -0.05) is 12.2 Å². The maximum Gasteiger partial charge on any atom is 0.164 e. The summed E-state index contributed by atoms with van der Waals surface area (Å²) in [6.07, 6.45) is 5.22. The predicted octanol–water partition coefficient (Wildman–Crippen LogP) is 3.01. The van der Waals surface area contributed by atoms with Gasteiger partial charge >= 0.3 is 0 Å². The Bertz CT molecular complexity index is 436. The number of rotatable bonds is 3. The third kappa shape index (κ3) is 2.35. The summed E-state index contributed by atoms with van der Waals surface area (Å²) < 4.78 is 1.20. The molecule has 3 heteroatoms. The fourth-order valence-corrected chi connectivity index (χ4v) is 2.11. The van der Waals surface area contributed by atoms with Crippen molar-refractivity contribution in [1.82, 2.24) is 0 Å². The lowest BCUT2D eigenvalue weighted by molar-refractivity contribution is -0.116. The Balaban J connectivity index is 2.10. The molecule has 82 valence electrons. The first-order chi connectivity index (χ1) is 7.70. The molecule has 1 aliphatic carbocycles. The normalized spacial score (nSPS) is 23.4. The molecule has 1 N–H and O–H groups in total. The monoisotopic (exact) mass is 325 g/mol. The van der Waals surface area contributed by atoms with Crippen LogP contribution < -0.4 is 5.32 Å². The molecule has 0 amide bonds. The van der Waals surface area contributed by atoms with Gasteiger partial charge in [0.25, 0.3) is 0 Å². The van der Waals surface area contributed by atoms with Gasteiger partial charge in [-0.3, -0.25) is 4.79 Å². The van der Waals surface area contributed by atoms with Crippen LogP contribution in [0.25, 0.3) is 0 Å². The molecular formula is C13H12INO. The van der Waals surface area contributed by atoms with Crippen LogP contribution in [0, 0.1) is 9.49 Å². The second-order valence-corrected chi connectivity index (χ2v) is 4.95. The minimum Gasteiger partial charge on any atom is -0.378 e. The van der Waals surface area contributed by atoms with E-state index in [1.54, 1.807) is 12.2 Å². The summed E-state index contributed by atoms with van der Waals surface area (Å²) in [4.78, 5) is 11.5. The number of nitrogens with one attached hydrogen (secondary N) is 1. The minimum atomic E-state index is -0.140. The minimum absolute atomic E-state index is 0.0325. The Morgan fingerprint density at radius 1 is 1.31 bits per heavy atom. The highest BCUT2D eigenvalue weighted by molar-refractivity contribution is 14.1. The summed E-state index contributed by atoms with van der Waals surface area (Å²) >= 11 is 2.26. The lowest BCUT2D eigenvalue weighted by Gasteiger charge is -2.17. The summed E-state index contributed by atoms with van der Waals surface area (Å²) in [6.45, 7) is 3.70. The second kappa shape index (κ2) is 4.82. The maximum absolute atomic E-state index is 11.5. The number of carbonyl (C=O) groups is 1. The molecule has 1 aromatic rings. The van der Waals surface area contributed by atoms with Crippen LogP contribution in [-0.2, 0) is 4.79 Å². The van der Waals surface area contributed by atoms with E-state index in [2.05, 4.69) is 34.5 Å². The van der Waals surface area contributed by atoms with Crippen molar-refractivity contribution >= 4 is 34.1 Å². The molecule has 2 rings (SSSR count). The zero-order valence-electron chi connectivity index (χ0n) is 8.69. The van der Waals surface area contributed by atoms with Crippen LogP contribution in [0.1, 0.15) is 0 Å². The number of benzene rings is 1. The molecule has 0 radical (unpaired) electrons. The van der Waals surface area contributed by atoms with E-state index in [1.165, 1.54) is 3.57 Å². The fraction of sp³-hybridized carbons (Fsp3) is 0.154. The molecule has 1 aliphatic rings. The van der Waals surface area contributed by atoms with Crippen LogP contribution in [0.15, 0.2) is 49.1 Å². The molecule has 0 spiro atoms. The van der Waals surface area contributed by atoms with Crippen LogP contribution >= 0.6 is 22.6 Å². The Labute approximate surface area is 109 Å². The molecule has 0 saturated heterocycles. The van der Waals surface area contributed by atoms with E-state index < -0.39 is 0 Å². The number of halogens is 1. The first-order valence-electron chi connectivity index (χ1n) is 5.07. The van der Waals surface area contributed by atoms with E-state index in [4.69, 9.17) is 0 Å². The molecule has 0 unspecified atom stereocenters. The van der Waals surface area contributed by atoms with Crippen molar-refractivity contribution < 1.29 is 4.79 Å². The van der Waals surface area contributed by atoms with Gasteiger partial charge in [0.05, 0.1) is 12.0 Å². The highest BCUT2D eigenvalue weighted by atomic mass is 127. The van der Waals surface area contributed by atoms with Crippen molar-refractivity contribution in [2.24, 2.45) is 5.92 Å². The molecule has 0 heterocycles. The van der Waals surface area contributed by atoms with Crippen molar-refractivity contribution in [3.05, 3.63) is 52.6 Å². The molecular weight excluding hydrogens is 313 g/mol. The van der Waals surface area contributed by atoms with E-state index in [0.717, 1.165) is 5.69 Å². The fourth-order valence-electron chi connectivity index (χ4n) is 1.75. The standard InChI is InChI=1S/C13H12INO/c1-2-11-12(7-8-13(11)16)15-10-5-3-9(14)4-6-10/h2-8,11-12,15H,1H2/t11-,12+/m1/s1. The Morgan fingerprint density at radius 3 is 2.62 bits per heavy atom. The molecule has 0 fully saturated rings. The van der Waals surface area contributed by atoms with E-state index in [0.29, 0.717) is 0 Å². The van der Waals surface area contributed by atoms with Crippen molar-refractivity contribution in [3.63, 3.8) is 0 Å². The topological polar surface area (TPSA) is 29.1 Å². The molecule has 1 aromatic carbocycles. The maximum atomic E-state index is 11.5. The number of ketones is 1. The summed E-state index contributed by atoms with van der Waals surface area (Å²) in [5, 5.41) is 3.32. The first kappa shape index (κ1) is 11.4. The van der Waals surface area contributed by atoms with Gasteiger partial charge in [-0.05, 0) is 52.9 Å². The number of hydrogen-bond donors (Lipinski definition) is 1. The third-order valence-electron chi connectivity index (χ3n) is 2.61. The average Bonchev–Trinajstić information content (AvgIpc) is 2.63. The van der Waals surface area contributed by atoms with Crippen molar-refractivity contribution in [3.8, 4) is 0 Å². The molecule has 2 atom stereocenters. The van der Waals surface area contributed by atoms with E-state index in [9.17, 15) is 4.79 Å². The largest absolute Gasteiger partial charge is 0.378 e. The Hall–Kier alpha value is -1.10. The van der Waals surface area contributed by atoms with Gasteiger partial charge in [-0.2, -0.15) is 0 Å². The van der Waals surface area contributed by atoms with Crippen molar-refractivity contribution in [1.29, 1.82) is 0 Å². The third-order valence-corrected chi connectivity index (χ3v) is 3.33. The Kier molecular flexibility index (Phi) is 3.43. The highest BCUT2D eigenvalue weighted by Gasteiger charge is 2.26. The van der Waals surface area contributed by atoms with Gasteiger partial charge in [-0.25, -0.2) is 0 Å². The number of carbonyl (C=O) groups excluding carboxylic acids is 1. The van der Waals surface area contributed by atoms with Gasteiger partial charge in [0.2, 0.25) is 0 Å². The van der Waals surface area contributed by atoms with Gasteiger partial charge < -0.3 is 5.32 Å². The van der Waals surface area contributed by atoms with Gasteiger partial charge in [0, 0.05) is 9.26 Å². The predicted molar refractivity (Wildman–Crippen MR) is 74.4 cm³/mol. The Morgan fingerprint density at radius 2 is 2.00 bits per heavy atom. The van der Waals surface area contributed by atoms with Crippen LogP contribution in [0.5, 0.6) is 0 Å². The van der Waals surface area contributed by atoms with E-state index in [-0.39, 0.29) is 17.7 Å². The molecule has 0 bridgehead atoms. The van der Waals surface area contributed by atoms with E-state index in [1.807, 2.05) is 30.3 Å². The second-order valence-electron chi connectivity index (χ2n) is 3.70. The number of allylic oxidation sites excluding steroid dienone is 1. The van der Waals surface area contributed by atoms with Crippen LogP contribution in [0.3, 0.4) is 0 Å². The molecule has 0 aromatic heterocycles. The molecule has 2 nitrogen and oxygen atoms in total. The number of hydrogen-bond acceptors (Lipinski definition) is 2. The number of anilines is 1. The highest BCUT2D eigenvalue weighted by Crippen LogP contribution is 2.21. The molecule has 16 heavy (non-hydrogen) atoms. The van der Waals surface area contributed by atoms with Crippen LogP contribution in [0.4, 0.5) is 5.69 Å². The smallest absolute Gasteiger partial charge is 0.164 e. The SMILES string of the molecule is C=C[C@H]1C(=O)C=C[C@@H]1Nc1ccc(I)cc1. The van der Waals surface area contributed by atoms with Crippen molar-refractivity contribution in [2.75, 3.05) is 5.32 Å². The molecule has 0 saturated carbocycles. The summed E-state index contributed by atoms with van der Waals surface area (Å²) in [7, 11) is 0.